The van der Waals surface area contributed by atoms with E-state index in [9.17, 15) is 4.79 Å². The van der Waals surface area contributed by atoms with Gasteiger partial charge in [-0.2, -0.15) is 0 Å². The van der Waals surface area contributed by atoms with Crippen LogP contribution in [0.4, 0.5) is 0 Å². The summed E-state index contributed by atoms with van der Waals surface area (Å²) in [6.07, 6.45) is 20.9. The Morgan fingerprint density at radius 3 is 2.81 bits per heavy atom. The molecule has 0 unspecified atom stereocenters. The quantitative estimate of drug-likeness (QED) is 0.760. The van der Waals surface area contributed by atoms with Crippen LogP contribution in [-0.2, 0) is 9.53 Å². The molecule has 2 heterocycles. The van der Waals surface area contributed by atoms with Crippen LogP contribution >= 0.6 is 0 Å². The molecule has 3 nitrogen and oxygen atoms in total. The van der Waals surface area contributed by atoms with E-state index in [1.165, 1.54) is 11.1 Å². The van der Waals surface area contributed by atoms with Crippen molar-refractivity contribution in [3.63, 3.8) is 0 Å². The molecule has 136 valence electrons. The number of nitrogens with one attached hydrogen (secondary N) is 1. The van der Waals surface area contributed by atoms with E-state index in [0.717, 1.165) is 62.0 Å². The molecule has 0 amide bonds. The van der Waals surface area contributed by atoms with Crippen molar-refractivity contribution < 1.29 is 9.53 Å². The second-order valence-electron chi connectivity index (χ2n) is 6.96. The summed E-state index contributed by atoms with van der Waals surface area (Å²) in [5.74, 6) is 0.757. The zero-order chi connectivity index (χ0) is 18.4. The zero-order valence-corrected chi connectivity index (χ0v) is 15.5. The lowest BCUT2D eigenvalue weighted by molar-refractivity contribution is -0.104. The minimum absolute atomic E-state index is 0.244. The first kappa shape index (κ1) is 18.4. The molecule has 0 saturated carbocycles. The van der Waals surface area contributed by atoms with Crippen LogP contribution in [0.5, 0.6) is 0 Å². The Morgan fingerprint density at radius 2 is 2.08 bits per heavy atom. The average molecular weight is 349 g/mol. The summed E-state index contributed by atoms with van der Waals surface area (Å²) in [7, 11) is 0. The third-order valence-electron chi connectivity index (χ3n) is 5.07. The van der Waals surface area contributed by atoms with Gasteiger partial charge in [0, 0.05) is 24.0 Å². The number of aldehydes is 1. The van der Waals surface area contributed by atoms with Crippen molar-refractivity contribution in [3.8, 4) is 0 Å². The van der Waals surface area contributed by atoms with E-state index in [1.807, 2.05) is 31.2 Å². The second-order valence-corrected chi connectivity index (χ2v) is 6.96. The minimum atomic E-state index is -0.244. The summed E-state index contributed by atoms with van der Waals surface area (Å²) in [5.41, 5.74) is 4.03. The Bertz CT molecular complexity index is 753. The molecule has 1 N–H and O–H groups in total. The highest BCUT2D eigenvalue weighted by Gasteiger charge is 2.37. The molecule has 3 aliphatic rings. The lowest BCUT2D eigenvalue weighted by Gasteiger charge is -2.41. The van der Waals surface area contributed by atoms with Gasteiger partial charge in [0.2, 0.25) is 0 Å². The number of hydrogen-bond donors (Lipinski definition) is 1. The molecule has 0 radical (unpaired) electrons. The lowest BCUT2D eigenvalue weighted by Crippen LogP contribution is -2.44. The first-order valence-corrected chi connectivity index (χ1v) is 9.32. The van der Waals surface area contributed by atoms with Crippen molar-refractivity contribution in [2.45, 2.75) is 38.2 Å². The summed E-state index contributed by atoms with van der Waals surface area (Å²) in [5, 5.41) is 3.41. The molecule has 26 heavy (non-hydrogen) atoms. The fourth-order valence-corrected chi connectivity index (χ4v) is 3.66. The Morgan fingerprint density at radius 1 is 1.27 bits per heavy atom. The van der Waals surface area contributed by atoms with Crippen molar-refractivity contribution in [1.29, 1.82) is 0 Å². The van der Waals surface area contributed by atoms with Gasteiger partial charge < -0.3 is 10.1 Å². The largest absolute Gasteiger partial charge is 0.483 e. The van der Waals surface area contributed by atoms with E-state index >= 15 is 0 Å². The van der Waals surface area contributed by atoms with Crippen LogP contribution in [0.25, 0.3) is 0 Å². The summed E-state index contributed by atoms with van der Waals surface area (Å²) in [4.78, 5) is 11.0. The van der Waals surface area contributed by atoms with Gasteiger partial charge in [0.15, 0.2) is 0 Å². The van der Waals surface area contributed by atoms with Crippen LogP contribution in [-0.4, -0.2) is 25.0 Å². The topological polar surface area (TPSA) is 38.3 Å². The molecule has 0 aromatic heterocycles. The van der Waals surface area contributed by atoms with Gasteiger partial charge in [0.1, 0.15) is 17.6 Å². The van der Waals surface area contributed by atoms with Crippen molar-refractivity contribution in [2.75, 3.05) is 13.1 Å². The molecular weight excluding hydrogens is 322 g/mol. The van der Waals surface area contributed by atoms with Gasteiger partial charge in [-0.3, -0.25) is 4.79 Å². The molecule has 0 atom stereocenters. The molecule has 1 saturated heterocycles. The number of carbonyl (C=O) groups is 1. The maximum atomic E-state index is 11.0. The van der Waals surface area contributed by atoms with E-state index in [-0.39, 0.29) is 5.60 Å². The molecular formula is C23H27NO2. The first-order chi connectivity index (χ1) is 12.7. The van der Waals surface area contributed by atoms with Crippen LogP contribution in [0.1, 0.15) is 32.6 Å². The van der Waals surface area contributed by atoms with Gasteiger partial charge in [0.25, 0.3) is 0 Å². The van der Waals surface area contributed by atoms with Gasteiger partial charge in [-0.25, -0.2) is 0 Å². The summed E-state index contributed by atoms with van der Waals surface area (Å²) >= 11 is 0. The van der Waals surface area contributed by atoms with Crippen LogP contribution in [0, 0.1) is 0 Å². The highest BCUT2D eigenvalue weighted by Crippen LogP contribution is 2.40. The number of carbonyl (C=O) groups excluding carboxylic acids is 1. The summed E-state index contributed by atoms with van der Waals surface area (Å²) in [6, 6.07) is 0. The van der Waals surface area contributed by atoms with Gasteiger partial charge in [0.05, 0.1) is 0 Å². The van der Waals surface area contributed by atoms with Crippen molar-refractivity contribution in [2.24, 2.45) is 0 Å². The number of ether oxygens (including phenoxy) is 1. The second kappa shape index (κ2) is 8.33. The van der Waals surface area contributed by atoms with Crippen molar-refractivity contribution >= 4 is 6.29 Å². The minimum Gasteiger partial charge on any atom is -0.483 e. The highest BCUT2D eigenvalue weighted by molar-refractivity contribution is 5.78. The summed E-state index contributed by atoms with van der Waals surface area (Å²) in [6.45, 7) is 8.13. The molecule has 3 rings (SSSR count). The molecule has 2 aliphatic heterocycles. The molecule has 1 spiro atoms. The normalized spacial score (nSPS) is 24.1. The third kappa shape index (κ3) is 4.23. The Balaban J connectivity index is 1.92. The van der Waals surface area contributed by atoms with Crippen LogP contribution in [0.3, 0.4) is 0 Å². The van der Waals surface area contributed by atoms with E-state index in [0.29, 0.717) is 0 Å². The van der Waals surface area contributed by atoms with Gasteiger partial charge in [-0.1, -0.05) is 49.1 Å². The monoisotopic (exact) mass is 349 g/mol. The lowest BCUT2D eigenvalue weighted by atomic mass is 9.83. The number of piperidine rings is 1. The number of hydrogen-bond acceptors (Lipinski definition) is 3. The van der Waals surface area contributed by atoms with Gasteiger partial charge in [-0.05, 0) is 50.1 Å². The maximum absolute atomic E-state index is 11.0. The van der Waals surface area contributed by atoms with Crippen LogP contribution in [0.15, 0.2) is 83.2 Å². The molecule has 0 bridgehead atoms. The van der Waals surface area contributed by atoms with E-state index in [1.54, 1.807) is 0 Å². The van der Waals surface area contributed by atoms with Crippen molar-refractivity contribution in [3.05, 3.63) is 83.2 Å². The maximum Gasteiger partial charge on any atom is 0.149 e. The standard InChI is InChI=1S/C23H27NO2/c1-3-4-8-22-18(2)26-23(11-13-24-14-12-23)16-21(22)15-19-6-5-7-20(17-25)10-9-19/h3-4,6-10,16-17,24H,2,5,11-15H2,1H3/b4-3-,22-8+. The SMILES string of the molecule is C=C1OC2(C=C(CC3=CCC=C(C=O)C=C3)/C1=C/C=C\C)CCNCC2. The summed E-state index contributed by atoms with van der Waals surface area (Å²) < 4.78 is 6.30. The Hall–Kier alpha value is -2.39. The van der Waals surface area contributed by atoms with E-state index in [2.05, 4.69) is 36.2 Å². The average Bonchev–Trinajstić information content (AvgIpc) is 2.87. The molecule has 1 aliphatic carbocycles. The Labute approximate surface area is 156 Å². The van der Waals surface area contributed by atoms with Crippen molar-refractivity contribution in [1.82, 2.24) is 5.32 Å². The molecule has 0 aromatic carbocycles. The van der Waals surface area contributed by atoms with E-state index in [4.69, 9.17) is 4.74 Å². The smallest absolute Gasteiger partial charge is 0.149 e. The van der Waals surface area contributed by atoms with E-state index < -0.39 is 0 Å². The predicted molar refractivity (Wildman–Crippen MR) is 107 cm³/mol. The van der Waals surface area contributed by atoms with Gasteiger partial charge >= 0.3 is 0 Å². The van der Waals surface area contributed by atoms with Crippen LogP contribution in [0.2, 0.25) is 0 Å². The molecule has 1 fully saturated rings. The number of rotatable bonds is 4. The van der Waals surface area contributed by atoms with Crippen LogP contribution < -0.4 is 5.32 Å². The fraction of sp³-hybridized carbons (Fsp3) is 0.348. The third-order valence-corrected chi connectivity index (χ3v) is 5.07. The zero-order valence-electron chi connectivity index (χ0n) is 15.5. The Kier molecular flexibility index (Phi) is 5.89. The molecule has 0 aromatic rings. The predicted octanol–water partition coefficient (Wildman–Crippen LogP) is 4.48. The molecule has 3 heteroatoms. The fourth-order valence-electron chi connectivity index (χ4n) is 3.66. The highest BCUT2D eigenvalue weighted by atomic mass is 16.5. The first-order valence-electron chi connectivity index (χ1n) is 9.32. The number of allylic oxidation sites excluding steroid dienone is 10. The van der Waals surface area contributed by atoms with Gasteiger partial charge in [-0.15, -0.1) is 0 Å².